The largest absolute Gasteiger partial charge is 0.354 e. The lowest BCUT2D eigenvalue weighted by molar-refractivity contribution is 0.0781. The van der Waals surface area contributed by atoms with Crippen LogP contribution in [0.3, 0.4) is 0 Å². The van der Waals surface area contributed by atoms with E-state index in [1.807, 2.05) is 25.3 Å². The van der Waals surface area contributed by atoms with Crippen LogP contribution < -0.4 is 0 Å². The molecule has 5 rings (SSSR count). The maximum Gasteiger partial charge on any atom is 0.253 e. The van der Waals surface area contributed by atoms with Gasteiger partial charge in [-0.05, 0) is 73.9 Å². The fourth-order valence-corrected chi connectivity index (χ4v) is 5.28. The molecule has 2 atom stereocenters. The number of carbonyl (C=O) groups excluding carboxylic acids is 1. The van der Waals surface area contributed by atoms with Gasteiger partial charge in [-0.15, -0.1) is 0 Å². The number of nitrogens with one attached hydrogen (secondary N) is 1. The normalized spacial score (nSPS) is 21.4. The molecule has 1 aliphatic carbocycles. The molecule has 2 aliphatic rings. The van der Waals surface area contributed by atoms with Crippen molar-refractivity contribution in [2.24, 2.45) is 11.8 Å². The van der Waals surface area contributed by atoms with Crippen LogP contribution in [0.2, 0.25) is 0 Å². The fourth-order valence-electron chi connectivity index (χ4n) is 5.28. The van der Waals surface area contributed by atoms with Crippen LogP contribution in [0.5, 0.6) is 0 Å². The number of amides is 1. The topological polar surface area (TPSA) is 49.0 Å². The Kier molecular flexibility index (Phi) is 4.22. The first-order chi connectivity index (χ1) is 13.6. The van der Waals surface area contributed by atoms with Gasteiger partial charge < -0.3 is 9.88 Å². The number of benzene rings is 1. The molecule has 0 spiro atoms. The van der Waals surface area contributed by atoms with Gasteiger partial charge in [0.2, 0.25) is 0 Å². The molecule has 3 aromatic rings. The molecule has 144 valence electrons. The van der Waals surface area contributed by atoms with Gasteiger partial charge in [-0.2, -0.15) is 0 Å². The molecular weight excluding hydrogens is 346 g/mol. The highest BCUT2D eigenvalue weighted by Gasteiger charge is 2.38. The van der Waals surface area contributed by atoms with Crippen LogP contribution >= 0.6 is 0 Å². The number of aryl methyl sites for hydroxylation is 2. The number of aromatic amines is 1. The highest BCUT2D eigenvalue weighted by Crippen LogP contribution is 2.38. The van der Waals surface area contributed by atoms with E-state index < -0.39 is 0 Å². The monoisotopic (exact) mass is 373 g/mol. The molecule has 1 aromatic carbocycles. The van der Waals surface area contributed by atoms with E-state index in [9.17, 15) is 4.79 Å². The lowest BCUT2D eigenvalue weighted by Gasteiger charge is -2.17. The van der Waals surface area contributed by atoms with Gasteiger partial charge in [0, 0.05) is 52.7 Å². The summed E-state index contributed by atoms with van der Waals surface area (Å²) in [5.74, 6) is 1.65. The predicted molar refractivity (Wildman–Crippen MR) is 112 cm³/mol. The van der Waals surface area contributed by atoms with Crippen molar-refractivity contribution in [2.75, 3.05) is 13.1 Å². The van der Waals surface area contributed by atoms with E-state index in [1.165, 1.54) is 24.8 Å². The van der Waals surface area contributed by atoms with Crippen LogP contribution in [-0.4, -0.2) is 33.9 Å². The van der Waals surface area contributed by atoms with Crippen molar-refractivity contribution in [3.63, 3.8) is 0 Å². The SMILES string of the molecule is CCc1c(-c2ccnc(C)c2)[nH]c2ccc(C(=O)N3CC4CCCC4C3)cc12. The van der Waals surface area contributed by atoms with E-state index in [2.05, 4.69) is 40.0 Å². The lowest BCUT2D eigenvalue weighted by Crippen LogP contribution is -2.29. The molecule has 0 bridgehead atoms. The molecule has 1 saturated heterocycles. The maximum atomic E-state index is 13.2. The van der Waals surface area contributed by atoms with E-state index >= 15 is 0 Å². The molecule has 28 heavy (non-hydrogen) atoms. The van der Waals surface area contributed by atoms with Gasteiger partial charge in [0.15, 0.2) is 0 Å². The Hall–Kier alpha value is -2.62. The molecule has 1 amide bonds. The molecule has 4 heteroatoms. The van der Waals surface area contributed by atoms with E-state index in [1.54, 1.807) is 0 Å². The van der Waals surface area contributed by atoms with Crippen LogP contribution in [-0.2, 0) is 6.42 Å². The third-order valence-electron chi connectivity index (χ3n) is 6.71. The van der Waals surface area contributed by atoms with Crippen molar-refractivity contribution < 1.29 is 4.79 Å². The number of rotatable bonds is 3. The zero-order valence-electron chi connectivity index (χ0n) is 16.7. The Morgan fingerprint density at radius 3 is 2.68 bits per heavy atom. The van der Waals surface area contributed by atoms with Crippen molar-refractivity contribution in [3.05, 3.63) is 53.3 Å². The fraction of sp³-hybridized carbons (Fsp3) is 0.417. The van der Waals surface area contributed by atoms with Gasteiger partial charge in [-0.25, -0.2) is 0 Å². The Labute approximate surface area is 166 Å². The van der Waals surface area contributed by atoms with Gasteiger partial charge in [0.25, 0.3) is 5.91 Å². The van der Waals surface area contributed by atoms with E-state index in [0.29, 0.717) is 0 Å². The summed E-state index contributed by atoms with van der Waals surface area (Å²) in [6, 6.07) is 10.3. The van der Waals surface area contributed by atoms with Gasteiger partial charge in [-0.1, -0.05) is 13.3 Å². The van der Waals surface area contributed by atoms with Crippen molar-refractivity contribution in [3.8, 4) is 11.3 Å². The number of nitrogens with zero attached hydrogens (tertiary/aromatic N) is 2. The number of hydrogen-bond donors (Lipinski definition) is 1. The van der Waals surface area contributed by atoms with Crippen molar-refractivity contribution in [1.29, 1.82) is 0 Å². The number of likely N-dealkylation sites (tertiary alicyclic amines) is 1. The van der Waals surface area contributed by atoms with Crippen molar-refractivity contribution in [1.82, 2.24) is 14.9 Å². The average Bonchev–Trinajstić information content (AvgIpc) is 3.39. The van der Waals surface area contributed by atoms with Crippen LogP contribution in [0.4, 0.5) is 0 Å². The highest BCUT2D eigenvalue weighted by molar-refractivity contribution is 6.00. The number of aromatic nitrogens is 2. The standard InChI is InChI=1S/C24H27N3O/c1-3-20-21-12-17(24(28)27-13-18-5-4-6-19(18)14-27)7-8-22(21)26-23(20)16-9-10-25-15(2)11-16/h7-12,18-19,26H,3-6,13-14H2,1-2H3. The number of carbonyl (C=O) groups is 1. The minimum absolute atomic E-state index is 0.195. The van der Waals surface area contributed by atoms with Gasteiger partial charge in [0.05, 0.1) is 0 Å². The molecule has 3 heterocycles. The minimum atomic E-state index is 0.195. The van der Waals surface area contributed by atoms with Crippen molar-refractivity contribution >= 4 is 16.8 Å². The summed E-state index contributed by atoms with van der Waals surface area (Å²) in [7, 11) is 0. The van der Waals surface area contributed by atoms with E-state index in [4.69, 9.17) is 0 Å². The van der Waals surface area contributed by atoms with E-state index in [0.717, 1.165) is 64.8 Å². The molecule has 4 nitrogen and oxygen atoms in total. The second kappa shape index (κ2) is 6.77. The second-order valence-electron chi connectivity index (χ2n) is 8.44. The molecule has 1 aliphatic heterocycles. The molecule has 2 unspecified atom stereocenters. The summed E-state index contributed by atoms with van der Waals surface area (Å²) in [5.41, 5.74) is 6.49. The summed E-state index contributed by atoms with van der Waals surface area (Å²) in [4.78, 5) is 23.1. The van der Waals surface area contributed by atoms with Gasteiger partial charge >= 0.3 is 0 Å². The van der Waals surface area contributed by atoms with Crippen LogP contribution in [0, 0.1) is 18.8 Å². The minimum Gasteiger partial charge on any atom is -0.354 e. The average molecular weight is 374 g/mol. The third kappa shape index (κ3) is 2.83. The van der Waals surface area contributed by atoms with Gasteiger partial charge in [0.1, 0.15) is 0 Å². The summed E-state index contributed by atoms with van der Waals surface area (Å²) in [6.45, 7) is 6.07. The van der Waals surface area contributed by atoms with Gasteiger partial charge in [-0.3, -0.25) is 9.78 Å². The Morgan fingerprint density at radius 2 is 1.96 bits per heavy atom. The second-order valence-corrected chi connectivity index (χ2v) is 8.44. The maximum absolute atomic E-state index is 13.2. The first kappa shape index (κ1) is 17.5. The molecule has 1 N–H and O–H groups in total. The molecule has 2 fully saturated rings. The Morgan fingerprint density at radius 1 is 1.18 bits per heavy atom. The number of H-pyrrole nitrogens is 1. The highest BCUT2D eigenvalue weighted by atomic mass is 16.2. The van der Waals surface area contributed by atoms with Crippen LogP contribution in [0.1, 0.15) is 47.8 Å². The number of hydrogen-bond acceptors (Lipinski definition) is 2. The molecule has 2 aromatic heterocycles. The molecule has 1 saturated carbocycles. The summed E-state index contributed by atoms with van der Waals surface area (Å²) < 4.78 is 0. The Balaban J connectivity index is 1.51. The third-order valence-corrected chi connectivity index (χ3v) is 6.71. The first-order valence-corrected chi connectivity index (χ1v) is 10.5. The van der Waals surface area contributed by atoms with E-state index in [-0.39, 0.29) is 5.91 Å². The zero-order chi connectivity index (χ0) is 19.3. The van der Waals surface area contributed by atoms with Crippen LogP contribution in [0.25, 0.3) is 22.2 Å². The number of pyridine rings is 1. The summed E-state index contributed by atoms with van der Waals surface area (Å²) in [6.07, 6.45) is 6.70. The molecule has 0 radical (unpaired) electrons. The quantitative estimate of drug-likeness (QED) is 0.704. The summed E-state index contributed by atoms with van der Waals surface area (Å²) >= 11 is 0. The Bertz CT molecular complexity index is 1040. The van der Waals surface area contributed by atoms with Crippen molar-refractivity contribution in [2.45, 2.75) is 39.5 Å². The zero-order valence-corrected chi connectivity index (χ0v) is 16.7. The van der Waals surface area contributed by atoms with Crippen LogP contribution in [0.15, 0.2) is 36.5 Å². The summed E-state index contributed by atoms with van der Waals surface area (Å²) in [5, 5.41) is 1.16. The first-order valence-electron chi connectivity index (χ1n) is 10.5. The molecular formula is C24H27N3O. The number of fused-ring (bicyclic) bond motifs is 2. The lowest BCUT2D eigenvalue weighted by atomic mass is 10.0. The smallest absolute Gasteiger partial charge is 0.253 e. The predicted octanol–water partition coefficient (Wildman–Crippen LogP) is 4.97.